The van der Waals surface area contributed by atoms with Crippen LogP contribution in [0, 0.1) is 0 Å². The normalized spacial score (nSPS) is 18.8. The number of anilines is 1. The van der Waals surface area contributed by atoms with Gasteiger partial charge in [-0.1, -0.05) is 30.3 Å². The van der Waals surface area contributed by atoms with Crippen molar-refractivity contribution in [3.63, 3.8) is 0 Å². The molecule has 0 aromatic heterocycles. The third-order valence-corrected chi connectivity index (χ3v) is 4.95. The van der Waals surface area contributed by atoms with Gasteiger partial charge >= 0.3 is 5.97 Å². The molecular formula is C22H20N2O5. The summed E-state index contributed by atoms with van der Waals surface area (Å²) in [6.45, 7) is -0.359. The number of ether oxygens (including phenoxy) is 1. The second kappa shape index (κ2) is 7.97. The van der Waals surface area contributed by atoms with Crippen LogP contribution in [0.3, 0.4) is 0 Å². The molecule has 2 aromatic carbocycles. The predicted octanol–water partition coefficient (Wildman–Crippen LogP) is 2.11. The highest BCUT2D eigenvalue weighted by Crippen LogP contribution is 2.27. The molecule has 2 fully saturated rings. The van der Waals surface area contributed by atoms with Crippen LogP contribution in [0.25, 0.3) is 0 Å². The van der Waals surface area contributed by atoms with Crippen LogP contribution in [0.15, 0.2) is 54.6 Å². The molecule has 1 atom stereocenters. The number of benzene rings is 2. The van der Waals surface area contributed by atoms with Crippen molar-refractivity contribution in [3.05, 3.63) is 65.7 Å². The Kier molecular flexibility index (Phi) is 5.22. The van der Waals surface area contributed by atoms with Crippen molar-refractivity contribution in [2.45, 2.75) is 31.3 Å². The standard InChI is InChI=1S/C22H20N2O5/c25-19(14-4-2-1-3-5-14)13-29-22(28)15-6-10-17(11-7-15)24-20(26)12-18(21(24)27)23-16-8-9-16/h1-7,10-11,16,18,23H,8-9,12-13H2. The van der Waals surface area contributed by atoms with Gasteiger partial charge in [0.1, 0.15) is 0 Å². The molecule has 1 aliphatic heterocycles. The van der Waals surface area contributed by atoms with Crippen LogP contribution >= 0.6 is 0 Å². The van der Waals surface area contributed by atoms with E-state index in [1.807, 2.05) is 0 Å². The van der Waals surface area contributed by atoms with E-state index in [4.69, 9.17) is 4.74 Å². The van der Waals surface area contributed by atoms with Gasteiger partial charge in [0.2, 0.25) is 5.91 Å². The quantitative estimate of drug-likeness (QED) is 0.441. The number of carbonyl (C=O) groups excluding carboxylic acids is 4. The Morgan fingerprint density at radius 1 is 0.966 bits per heavy atom. The molecule has 1 N–H and O–H groups in total. The highest BCUT2D eigenvalue weighted by atomic mass is 16.5. The summed E-state index contributed by atoms with van der Waals surface area (Å²) in [6.07, 6.45) is 2.20. The Morgan fingerprint density at radius 3 is 2.31 bits per heavy atom. The monoisotopic (exact) mass is 392 g/mol. The Labute approximate surface area is 167 Å². The molecule has 1 saturated heterocycles. The fourth-order valence-corrected chi connectivity index (χ4v) is 3.24. The molecule has 0 bridgehead atoms. The molecule has 1 heterocycles. The van der Waals surface area contributed by atoms with Gasteiger partial charge in [-0.25, -0.2) is 9.69 Å². The SMILES string of the molecule is O=C(COC(=O)c1ccc(N2C(=O)CC(NC3CC3)C2=O)cc1)c1ccccc1. The van der Waals surface area contributed by atoms with E-state index in [2.05, 4.69) is 5.32 Å². The highest BCUT2D eigenvalue weighted by molar-refractivity contribution is 6.22. The van der Waals surface area contributed by atoms with Crippen molar-refractivity contribution in [3.8, 4) is 0 Å². The van der Waals surface area contributed by atoms with Crippen LogP contribution in [-0.4, -0.2) is 42.3 Å². The Bertz CT molecular complexity index is 951. The third kappa shape index (κ3) is 4.25. The molecule has 2 aromatic rings. The number of nitrogens with zero attached hydrogens (tertiary/aromatic N) is 1. The Hall–Kier alpha value is -3.32. The molecule has 2 aliphatic rings. The average molecular weight is 392 g/mol. The fourth-order valence-electron chi connectivity index (χ4n) is 3.24. The minimum absolute atomic E-state index is 0.140. The van der Waals surface area contributed by atoms with E-state index >= 15 is 0 Å². The summed E-state index contributed by atoms with van der Waals surface area (Å²) in [7, 11) is 0. The summed E-state index contributed by atoms with van der Waals surface area (Å²) in [5.74, 6) is -1.48. The average Bonchev–Trinajstić information content (AvgIpc) is 3.51. The summed E-state index contributed by atoms with van der Waals surface area (Å²) < 4.78 is 5.07. The topological polar surface area (TPSA) is 92.8 Å². The second-order valence-corrected chi connectivity index (χ2v) is 7.18. The zero-order valence-electron chi connectivity index (χ0n) is 15.7. The first-order valence-electron chi connectivity index (χ1n) is 9.51. The van der Waals surface area contributed by atoms with Gasteiger partial charge in [0.25, 0.3) is 5.91 Å². The minimum atomic E-state index is -0.645. The number of imide groups is 1. The van der Waals surface area contributed by atoms with Gasteiger partial charge < -0.3 is 10.1 Å². The zero-order valence-corrected chi connectivity index (χ0v) is 15.7. The number of amides is 2. The van der Waals surface area contributed by atoms with Crippen LogP contribution in [0.1, 0.15) is 40.0 Å². The maximum atomic E-state index is 12.5. The van der Waals surface area contributed by atoms with E-state index in [0.717, 1.165) is 17.7 Å². The zero-order chi connectivity index (χ0) is 20.4. The first-order valence-corrected chi connectivity index (χ1v) is 9.51. The van der Waals surface area contributed by atoms with E-state index in [1.54, 1.807) is 30.3 Å². The molecule has 4 rings (SSSR count). The smallest absolute Gasteiger partial charge is 0.338 e. The second-order valence-electron chi connectivity index (χ2n) is 7.18. The molecule has 1 saturated carbocycles. The van der Waals surface area contributed by atoms with Crippen LogP contribution in [0.4, 0.5) is 5.69 Å². The Balaban J connectivity index is 1.37. The molecule has 2 amide bonds. The third-order valence-electron chi connectivity index (χ3n) is 4.95. The summed E-state index contributed by atoms with van der Waals surface area (Å²) in [5.41, 5.74) is 1.12. The number of hydrogen-bond acceptors (Lipinski definition) is 6. The summed E-state index contributed by atoms with van der Waals surface area (Å²) in [5, 5.41) is 3.19. The summed E-state index contributed by atoms with van der Waals surface area (Å²) in [6, 6.07) is 14.4. The first-order chi connectivity index (χ1) is 14.0. The fraction of sp³-hybridized carbons (Fsp3) is 0.273. The number of carbonyl (C=O) groups is 4. The number of nitrogens with one attached hydrogen (secondary N) is 1. The Morgan fingerprint density at radius 2 is 1.66 bits per heavy atom. The lowest BCUT2D eigenvalue weighted by Gasteiger charge is -2.15. The van der Waals surface area contributed by atoms with Crippen LogP contribution < -0.4 is 10.2 Å². The number of esters is 1. The largest absolute Gasteiger partial charge is 0.454 e. The van der Waals surface area contributed by atoms with E-state index in [9.17, 15) is 19.2 Å². The van der Waals surface area contributed by atoms with Crippen molar-refractivity contribution < 1.29 is 23.9 Å². The number of hydrogen-bond donors (Lipinski definition) is 1. The number of Topliss-reactive ketones (excluding diaryl/α,β-unsaturated/α-hetero) is 1. The summed E-state index contributed by atoms with van der Waals surface area (Å²) in [4.78, 5) is 50.2. The van der Waals surface area contributed by atoms with E-state index in [1.165, 1.54) is 24.3 Å². The van der Waals surface area contributed by atoms with Crippen molar-refractivity contribution in [2.24, 2.45) is 0 Å². The van der Waals surface area contributed by atoms with Gasteiger partial charge in [-0.2, -0.15) is 0 Å². The molecule has 0 radical (unpaired) electrons. The highest BCUT2D eigenvalue weighted by Gasteiger charge is 2.41. The maximum absolute atomic E-state index is 12.5. The van der Waals surface area contributed by atoms with Gasteiger partial charge in [-0.3, -0.25) is 14.4 Å². The lowest BCUT2D eigenvalue weighted by atomic mass is 10.1. The van der Waals surface area contributed by atoms with Gasteiger partial charge in [0.05, 0.1) is 23.7 Å². The van der Waals surface area contributed by atoms with Gasteiger partial charge in [-0.15, -0.1) is 0 Å². The van der Waals surface area contributed by atoms with Crippen LogP contribution in [-0.2, 0) is 14.3 Å². The maximum Gasteiger partial charge on any atom is 0.338 e. The number of rotatable bonds is 7. The molecule has 0 spiro atoms. The van der Waals surface area contributed by atoms with Crippen LogP contribution in [0.5, 0.6) is 0 Å². The van der Waals surface area contributed by atoms with Crippen molar-refractivity contribution in [2.75, 3.05) is 11.5 Å². The molecule has 29 heavy (non-hydrogen) atoms. The van der Waals surface area contributed by atoms with Gasteiger partial charge in [-0.05, 0) is 37.1 Å². The van der Waals surface area contributed by atoms with Gasteiger partial charge in [0.15, 0.2) is 12.4 Å². The lowest BCUT2D eigenvalue weighted by molar-refractivity contribution is -0.121. The minimum Gasteiger partial charge on any atom is -0.454 e. The lowest BCUT2D eigenvalue weighted by Crippen LogP contribution is -2.39. The molecule has 1 aliphatic carbocycles. The molecule has 148 valence electrons. The van der Waals surface area contributed by atoms with E-state index < -0.39 is 12.0 Å². The number of ketones is 1. The van der Waals surface area contributed by atoms with Crippen molar-refractivity contribution in [1.29, 1.82) is 0 Å². The first kappa shape index (κ1) is 19.0. The predicted molar refractivity (Wildman–Crippen MR) is 105 cm³/mol. The van der Waals surface area contributed by atoms with Gasteiger partial charge in [0, 0.05) is 11.6 Å². The van der Waals surface area contributed by atoms with Crippen molar-refractivity contribution >= 4 is 29.3 Å². The molecule has 7 heteroatoms. The molecule has 7 nitrogen and oxygen atoms in total. The van der Waals surface area contributed by atoms with Crippen LogP contribution in [0.2, 0.25) is 0 Å². The molecular weight excluding hydrogens is 372 g/mol. The summed E-state index contributed by atoms with van der Waals surface area (Å²) >= 11 is 0. The molecule has 1 unspecified atom stereocenters. The van der Waals surface area contributed by atoms with E-state index in [0.29, 0.717) is 17.3 Å². The van der Waals surface area contributed by atoms with Crippen molar-refractivity contribution in [1.82, 2.24) is 5.32 Å². The van der Waals surface area contributed by atoms with E-state index in [-0.39, 0.29) is 36.2 Å².